The van der Waals surface area contributed by atoms with E-state index in [1.165, 1.54) is 201 Å². The van der Waals surface area contributed by atoms with Gasteiger partial charge in [0.15, 0.2) is 17.4 Å². The Morgan fingerprint density at radius 2 is 0.911 bits per heavy atom. The first-order valence-electron chi connectivity index (χ1n) is 44.5. The summed E-state index contributed by atoms with van der Waals surface area (Å²) in [6, 6.07) is 35.5. The molecule has 7 N–H and O–H groups in total. The number of nitriles is 4. The molecule has 10 rings (SSSR count). The Kier molecular flexibility index (Phi) is 42.5. The molecule has 2 unspecified atom stereocenters. The van der Waals surface area contributed by atoms with E-state index in [1.54, 1.807) is 86.6 Å². The predicted molar refractivity (Wildman–Crippen MR) is 468 cm³/mol. The summed E-state index contributed by atoms with van der Waals surface area (Å²) in [5.74, 6) is -0.722. The maximum atomic E-state index is 14.8. The lowest BCUT2D eigenvalue weighted by Crippen LogP contribution is -2.41. The summed E-state index contributed by atoms with van der Waals surface area (Å²) in [6.07, 6.45) is 34.0. The molecule has 124 heavy (non-hydrogen) atoms. The van der Waals surface area contributed by atoms with Gasteiger partial charge in [0, 0.05) is 13.2 Å². The number of nitrogen functional groups attached to an aromatic ring is 2. The van der Waals surface area contributed by atoms with Gasteiger partial charge in [0.2, 0.25) is 11.2 Å². The highest BCUT2D eigenvalue weighted by Crippen LogP contribution is 2.55. The van der Waals surface area contributed by atoms with Crippen LogP contribution >= 0.6 is 27.2 Å². The van der Waals surface area contributed by atoms with Crippen LogP contribution in [0.1, 0.15) is 267 Å². The zero-order valence-electron chi connectivity index (χ0n) is 72.6. The molecule has 3 saturated heterocycles. The van der Waals surface area contributed by atoms with Crippen molar-refractivity contribution < 1.29 is 84.8 Å². The second kappa shape index (κ2) is 52.6. The van der Waals surface area contributed by atoms with E-state index < -0.39 is 101 Å². The molecule has 4 aromatic heterocycles. The minimum atomic E-state index is -4.78. The molecule has 678 valence electrons. The second-order valence-electron chi connectivity index (χ2n) is 32.6. The Morgan fingerprint density at radius 1 is 0.500 bits per heavy atom. The summed E-state index contributed by atoms with van der Waals surface area (Å²) in [5.41, 5.74) is 11.6. The van der Waals surface area contributed by atoms with Crippen LogP contribution in [-0.2, 0) is 89.5 Å². The number of fused-ring (bicyclic) bond motifs is 3. The van der Waals surface area contributed by atoms with Crippen LogP contribution in [0.3, 0.4) is 0 Å². The van der Waals surface area contributed by atoms with E-state index in [9.17, 15) is 45.3 Å². The Hall–Kier alpha value is -7.59. The molecule has 3 aliphatic rings. The summed E-state index contributed by atoms with van der Waals surface area (Å²) < 4.78 is 108. The maximum Gasteiger partial charge on any atom is 0.530 e. The lowest BCUT2D eigenvalue weighted by Gasteiger charge is -2.29. The number of nitrogens with zero attached hydrogens (tertiary/aromatic N) is 10. The molecule has 30 nitrogen and oxygen atoms in total. The van der Waals surface area contributed by atoms with Gasteiger partial charge in [-0.2, -0.15) is 31.2 Å². The number of phosphoric ester groups is 2. The maximum absolute atomic E-state index is 14.8. The molecule has 0 amide bonds. The summed E-state index contributed by atoms with van der Waals surface area (Å²) in [7, 11) is -9.34. The molecule has 0 aliphatic carbocycles. The van der Waals surface area contributed by atoms with Crippen LogP contribution in [0, 0.1) is 45.3 Å². The van der Waals surface area contributed by atoms with Crippen molar-refractivity contribution in [2.75, 3.05) is 64.3 Å². The van der Waals surface area contributed by atoms with Crippen LogP contribution in [0.25, 0.3) is 11.0 Å². The van der Waals surface area contributed by atoms with Crippen molar-refractivity contribution in [2.45, 2.75) is 312 Å². The van der Waals surface area contributed by atoms with Crippen molar-refractivity contribution >= 4 is 49.9 Å². The molecule has 12 atom stereocenters. The van der Waals surface area contributed by atoms with Crippen molar-refractivity contribution in [3.63, 3.8) is 0 Å². The van der Waals surface area contributed by atoms with Gasteiger partial charge >= 0.3 is 15.6 Å². The molecule has 0 spiro atoms. The minimum Gasteiger partial charge on any atom is -0.402 e. The number of hydrogen-bond acceptors (Lipinski definition) is 27. The summed E-state index contributed by atoms with van der Waals surface area (Å²) in [4.78, 5) is 18.6. The summed E-state index contributed by atoms with van der Waals surface area (Å²) in [6.45, 7) is 7.47. The van der Waals surface area contributed by atoms with E-state index in [0.29, 0.717) is 52.2 Å². The fraction of sp³-hybridized carbons (Fsp3) is 0.626. The standard InChI is InChI=1S/C50H68ClN6O9P.C41H61N6O9P/c1-4-5-6-7-8-9-10-11-12-13-14-15-16-17-18-23-30-59-33-40(60-32-39-25-20-19-24-38(39)31-52)34-61-67(58,66-43-27-22-21-26-41(43)51)62-35-44-46-47(65-49(2,3)64-46)50(36-53,63-44)45-29-28-42-48(54)55-37-56-57(42)45;1-2-3-4-5-6-7-8-9-10-11-12-13-14-15-16-19-24-52-27-34(53-26-33-21-18-17-20-32(33)25-42)28-54-57(50,51)55-29-36-38(48)39(49)41(30-43,56-36)37-23-22-35-40(44)45-31-46-47(35)37/h19-22,24-29,37,40,44,46-47H,4-18,23,30,32-35H2,1-3H3,(H2,54,55,56);17-18,20-23,31,34,36,38-39,48-49H,2-16,19,24,26-29H2,1H3,(H,50,51)(H2,44,45,46)/t40-,44-,46-,47-,50+,67?;34-,36-,38-,39-,41+/m11/s1. The van der Waals surface area contributed by atoms with E-state index >= 15 is 0 Å². The highest BCUT2D eigenvalue weighted by atomic mass is 35.5. The van der Waals surface area contributed by atoms with E-state index in [-0.39, 0.29) is 61.1 Å². The lowest BCUT2D eigenvalue weighted by molar-refractivity contribution is -0.204. The number of aliphatic hydroxyl groups excluding tert-OH is 2. The molecule has 33 heteroatoms. The predicted octanol–water partition coefficient (Wildman–Crippen LogP) is 18.6. The van der Waals surface area contributed by atoms with E-state index in [4.69, 9.17) is 83.6 Å². The second-order valence-corrected chi connectivity index (χ2v) is 36.0. The molecule has 7 aromatic rings. The number of rotatable bonds is 60. The molecule has 0 radical (unpaired) electrons. The monoisotopic (exact) mass is 1770 g/mol. The van der Waals surface area contributed by atoms with Crippen molar-refractivity contribution in [1.29, 1.82) is 21.0 Å². The average molecular weight is 1780 g/mol. The minimum absolute atomic E-state index is 0.0397. The SMILES string of the molecule is CCCCCCCCCCCCCCCCCCOC[C@H](COP(=O)(O)OC[C@H]1O[C@@](C#N)(c2ccc3c(N)ncnn23)[C@H](O)[C@@H]1O)OCc1ccccc1C#N.CCCCCCCCCCCCCCCCCCOC[C@H](COP(=O)(OC[C@H]1O[C@@](C#N)(c2ccc3c(N)ncnn23)[C@@H]2OC(C)(C)O[C@@H]21)Oc1ccccc1Cl)OCc1ccccc1C#N. The molecular formula is C91H129ClN12O18P2. The fourth-order valence-corrected chi connectivity index (χ4v) is 17.9. The van der Waals surface area contributed by atoms with Crippen molar-refractivity contribution in [1.82, 2.24) is 29.2 Å². The number of anilines is 2. The first-order chi connectivity index (χ1) is 60.2. The number of aromatic nitrogens is 6. The summed E-state index contributed by atoms with van der Waals surface area (Å²) in [5, 5.41) is 70.6. The van der Waals surface area contributed by atoms with Crippen LogP contribution in [0.15, 0.2) is 110 Å². The zero-order valence-corrected chi connectivity index (χ0v) is 75.1. The smallest absolute Gasteiger partial charge is 0.402 e. The highest BCUT2D eigenvalue weighted by Gasteiger charge is 2.66. The van der Waals surface area contributed by atoms with Crippen molar-refractivity contribution in [3.05, 3.63) is 148 Å². The third-order valence-corrected chi connectivity index (χ3v) is 25.2. The van der Waals surface area contributed by atoms with E-state index in [2.05, 4.69) is 52.2 Å². The van der Waals surface area contributed by atoms with E-state index in [1.807, 2.05) is 18.2 Å². The first kappa shape index (κ1) is 100. The normalized spacial score (nSPS) is 21.1. The summed E-state index contributed by atoms with van der Waals surface area (Å²) >= 11 is 6.48. The topological polar surface area (TPSA) is 422 Å². The van der Waals surface area contributed by atoms with Gasteiger partial charge in [-0.3, -0.25) is 18.1 Å². The lowest BCUT2D eigenvalue weighted by atomic mass is 9.92. The number of benzene rings is 3. The average Bonchev–Trinajstić information content (AvgIpc) is 1.56. The van der Waals surface area contributed by atoms with Crippen molar-refractivity contribution in [3.8, 4) is 30.0 Å². The molecule has 3 aromatic carbocycles. The number of nitrogens with two attached hydrogens (primary N) is 2. The zero-order chi connectivity index (χ0) is 88.5. The van der Waals surface area contributed by atoms with Gasteiger partial charge in [-0.05, 0) is 86.3 Å². The third-order valence-electron chi connectivity index (χ3n) is 22.6. The Morgan fingerprint density at radius 3 is 1.36 bits per heavy atom. The third kappa shape index (κ3) is 30.3. The van der Waals surface area contributed by atoms with Gasteiger partial charge in [-0.15, -0.1) is 0 Å². The number of hydrogen-bond donors (Lipinski definition) is 5. The molecule has 0 saturated carbocycles. The quantitative estimate of drug-likeness (QED) is 0.0175. The van der Waals surface area contributed by atoms with Gasteiger partial charge in [0.25, 0.3) is 0 Å². The number of phosphoric acid groups is 2. The van der Waals surface area contributed by atoms with Gasteiger partial charge in [-0.25, -0.2) is 28.1 Å². The van der Waals surface area contributed by atoms with Crippen LogP contribution in [0.4, 0.5) is 11.6 Å². The van der Waals surface area contributed by atoms with Crippen LogP contribution in [0.5, 0.6) is 5.75 Å². The van der Waals surface area contributed by atoms with Crippen LogP contribution < -0.4 is 16.0 Å². The van der Waals surface area contributed by atoms with Crippen LogP contribution in [0.2, 0.25) is 5.02 Å². The van der Waals surface area contributed by atoms with Crippen LogP contribution in [-0.4, -0.2) is 152 Å². The number of para-hydroxylation sites is 1. The number of unbranched alkanes of at least 4 members (excludes halogenated alkanes) is 30. The number of aliphatic hydroxyl groups is 2. The Bertz CT molecular complexity index is 4620. The van der Waals surface area contributed by atoms with Gasteiger partial charge < -0.3 is 69.0 Å². The highest BCUT2D eigenvalue weighted by molar-refractivity contribution is 7.49. The van der Waals surface area contributed by atoms with Gasteiger partial charge in [0.1, 0.15) is 90.4 Å². The van der Waals surface area contributed by atoms with Gasteiger partial charge in [-0.1, -0.05) is 267 Å². The van der Waals surface area contributed by atoms with E-state index in [0.717, 1.165) is 38.5 Å². The molecule has 3 fully saturated rings. The molecule has 3 aliphatic heterocycles. The largest absolute Gasteiger partial charge is 0.530 e. The first-order valence-corrected chi connectivity index (χ1v) is 47.9. The molecule has 0 bridgehead atoms. The number of halogens is 1. The fourth-order valence-electron chi connectivity index (χ4n) is 15.6. The Labute approximate surface area is 735 Å². The molecule has 7 heterocycles. The number of ether oxygens (including phenoxy) is 8. The molecular weight excluding hydrogens is 1650 g/mol. The van der Waals surface area contributed by atoms with Crippen molar-refractivity contribution in [2.24, 2.45) is 0 Å². The van der Waals surface area contributed by atoms with Gasteiger partial charge in [0.05, 0.1) is 92.5 Å². The Balaban J connectivity index is 0.000000285.